The van der Waals surface area contributed by atoms with Crippen LogP contribution in [0.4, 0.5) is 0 Å². The zero-order chi connectivity index (χ0) is 12.3. The Labute approximate surface area is 140 Å². The number of hydrogen-bond acceptors (Lipinski definition) is 4. The summed E-state index contributed by atoms with van der Waals surface area (Å²) < 4.78 is 0.891. The van der Waals surface area contributed by atoms with Crippen molar-refractivity contribution in [3.8, 4) is 5.88 Å². The molecule has 0 aliphatic heterocycles. The van der Waals surface area contributed by atoms with Crippen LogP contribution < -0.4 is 67.7 Å². The van der Waals surface area contributed by atoms with Crippen molar-refractivity contribution in [3.63, 3.8) is 0 Å². The third kappa shape index (κ3) is 3.89. The van der Waals surface area contributed by atoms with Gasteiger partial charge in [0.25, 0.3) is 5.56 Å². The van der Waals surface area contributed by atoms with Crippen LogP contribution >= 0.6 is 0 Å². The zero-order valence-electron chi connectivity index (χ0n) is 10.2. The predicted octanol–water partition coefficient (Wildman–Crippen LogP) is -3.38. The Morgan fingerprint density at radius 1 is 1.41 bits per heavy atom. The van der Waals surface area contributed by atoms with Gasteiger partial charge in [-0.1, -0.05) is 13.3 Å². The van der Waals surface area contributed by atoms with E-state index in [4.69, 9.17) is 0 Å². The summed E-state index contributed by atoms with van der Waals surface area (Å²) in [7, 11) is 0. The second-order valence-corrected chi connectivity index (χ2v) is 3.50. The van der Waals surface area contributed by atoms with E-state index in [9.17, 15) is 19.5 Å². The Morgan fingerprint density at radius 3 is 2.47 bits per heavy atom. The summed E-state index contributed by atoms with van der Waals surface area (Å²) in [5, 5.41) is 11.2. The van der Waals surface area contributed by atoms with Crippen molar-refractivity contribution in [2.24, 2.45) is 0 Å². The molecule has 0 atom stereocenters. The van der Waals surface area contributed by atoms with Crippen LogP contribution in [0.2, 0.25) is 0 Å². The Hall–Kier alpha value is -0.214. The molecule has 0 saturated heterocycles. The number of H-pyrrole nitrogens is 1. The molecule has 0 aromatic carbocycles. The number of carbonyl (C=O) groups is 1. The molecule has 7 heteroatoms. The van der Waals surface area contributed by atoms with E-state index >= 15 is 0 Å². The van der Waals surface area contributed by atoms with Crippen molar-refractivity contribution in [1.82, 2.24) is 9.55 Å². The maximum Gasteiger partial charge on any atom is 1.00 e. The quantitative estimate of drug-likeness (QED) is 0.453. The molecule has 1 heterocycles. The van der Waals surface area contributed by atoms with Crippen LogP contribution in [-0.2, 0) is 6.54 Å². The SMILES string of the molecule is CCCCn1c(=O)[nH]c([O-])c(C(C)=O)c1=O.[K+]. The van der Waals surface area contributed by atoms with Crippen molar-refractivity contribution in [1.29, 1.82) is 0 Å². The van der Waals surface area contributed by atoms with Crippen molar-refractivity contribution in [2.75, 3.05) is 0 Å². The first-order chi connectivity index (χ1) is 7.49. The number of ketones is 1. The number of unbranched alkanes of at least 4 members (excludes halogenated alkanes) is 1. The first-order valence-corrected chi connectivity index (χ1v) is 5.04. The number of aromatic nitrogens is 2. The van der Waals surface area contributed by atoms with Gasteiger partial charge in [0.05, 0.1) is 5.56 Å². The van der Waals surface area contributed by atoms with E-state index < -0.39 is 28.5 Å². The first-order valence-electron chi connectivity index (χ1n) is 5.04. The van der Waals surface area contributed by atoms with Crippen LogP contribution in [0.1, 0.15) is 37.0 Å². The van der Waals surface area contributed by atoms with E-state index in [1.54, 1.807) is 0 Å². The molecule has 0 fully saturated rings. The van der Waals surface area contributed by atoms with Crippen molar-refractivity contribution in [3.05, 3.63) is 26.4 Å². The monoisotopic (exact) mass is 264 g/mol. The second kappa shape index (κ2) is 7.27. The number of hydrogen-bond donors (Lipinski definition) is 1. The largest absolute Gasteiger partial charge is 1.00 e. The number of nitrogens with one attached hydrogen (secondary N) is 1. The van der Waals surface area contributed by atoms with E-state index in [0.29, 0.717) is 6.42 Å². The summed E-state index contributed by atoms with van der Waals surface area (Å²) in [4.78, 5) is 36.1. The predicted molar refractivity (Wildman–Crippen MR) is 55.7 cm³/mol. The maximum atomic E-state index is 11.7. The summed E-state index contributed by atoms with van der Waals surface area (Å²) in [5.41, 5.74) is -2.03. The van der Waals surface area contributed by atoms with Gasteiger partial charge in [0.15, 0.2) is 5.78 Å². The van der Waals surface area contributed by atoms with Crippen molar-refractivity contribution < 1.29 is 61.3 Å². The molecule has 0 radical (unpaired) electrons. The van der Waals surface area contributed by atoms with Gasteiger partial charge in [-0.15, -0.1) is 0 Å². The molecule has 0 aliphatic carbocycles. The van der Waals surface area contributed by atoms with Crippen LogP contribution in [0.5, 0.6) is 5.88 Å². The fraction of sp³-hybridized carbons (Fsp3) is 0.500. The average molecular weight is 264 g/mol. The second-order valence-electron chi connectivity index (χ2n) is 3.50. The number of rotatable bonds is 4. The van der Waals surface area contributed by atoms with E-state index in [0.717, 1.165) is 17.9 Å². The topological polar surface area (TPSA) is 95.0 Å². The molecule has 88 valence electrons. The molecule has 1 aromatic heterocycles. The summed E-state index contributed by atoms with van der Waals surface area (Å²) >= 11 is 0. The van der Waals surface area contributed by atoms with Gasteiger partial charge in [-0.05, 0) is 19.2 Å². The third-order valence-corrected chi connectivity index (χ3v) is 2.24. The molecule has 0 bridgehead atoms. The Bertz CT molecular complexity index is 518. The van der Waals surface area contributed by atoms with Crippen LogP contribution in [0.15, 0.2) is 9.59 Å². The van der Waals surface area contributed by atoms with Gasteiger partial charge < -0.3 is 10.1 Å². The average Bonchev–Trinajstić information content (AvgIpc) is 2.16. The minimum atomic E-state index is -0.907. The Morgan fingerprint density at radius 2 is 2.00 bits per heavy atom. The van der Waals surface area contributed by atoms with Crippen molar-refractivity contribution >= 4 is 5.78 Å². The van der Waals surface area contributed by atoms with Gasteiger partial charge >= 0.3 is 57.1 Å². The van der Waals surface area contributed by atoms with Crippen LogP contribution in [0.25, 0.3) is 0 Å². The Balaban J connectivity index is 0.00000256. The smallest absolute Gasteiger partial charge is 0.859 e. The van der Waals surface area contributed by atoms with Gasteiger partial charge in [-0.3, -0.25) is 14.2 Å². The molecule has 1 aromatic rings. The molecule has 1 rings (SSSR count). The number of Topliss-reactive ketones (excluding diaryl/α,β-unsaturated/α-hetero) is 1. The third-order valence-electron chi connectivity index (χ3n) is 2.24. The Kier molecular flexibility index (Phi) is 7.18. The van der Waals surface area contributed by atoms with Crippen LogP contribution in [0.3, 0.4) is 0 Å². The zero-order valence-corrected chi connectivity index (χ0v) is 13.3. The maximum absolute atomic E-state index is 11.7. The molecule has 0 saturated carbocycles. The van der Waals surface area contributed by atoms with Gasteiger partial charge in [-0.2, -0.15) is 0 Å². The van der Waals surface area contributed by atoms with Gasteiger partial charge in [0.1, 0.15) is 0 Å². The normalized spacial score (nSPS) is 9.76. The fourth-order valence-corrected chi connectivity index (χ4v) is 1.38. The van der Waals surface area contributed by atoms with E-state index in [1.807, 2.05) is 11.9 Å². The van der Waals surface area contributed by atoms with Gasteiger partial charge in [0.2, 0.25) is 0 Å². The van der Waals surface area contributed by atoms with Crippen molar-refractivity contribution in [2.45, 2.75) is 33.2 Å². The summed E-state index contributed by atoms with van der Waals surface area (Å²) in [5.74, 6) is -1.54. The molecule has 17 heavy (non-hydrogen) atoms. The minimum absolute atomic E-state index is 0. The first kappa shape index (κ1) is 16.8. The van der Waals surface area contributed by atoms with E-state index in [-0.39, 0.29) is 57.9 Å². The number of carbonyl (C=O) groups excluding carboxylic acids is 1. The molecule has 6 nitrogen and oxygen atoms in total. The molecule has 1 N–H and O–H groups in total. The molecular formula is C10H13KN2O4. The summed E-state index contributed by atoms with van der Waals surface area (Å²) in [6, 6.07) is 0. The van der Waals surface area contributed by atoms with Crippen LogP contribution in [-0.4, -0.2) is 15.3 Å². The van der Waals surface area contributed by atoms with Gasteiger partial charge in [-0.25, -0.2) is 4.79 Å². The minimum Gasteiger partial charge on any atom is -0.859 e. The number of nitrogens with zero attached hydrogens (tertiary/aromatic N) is 1. The summed E-state index contributed by atoms with van der Waals surface area (Å²) in [6.07, 6.45) is 1.44. The standard InChI is InChI=1S/C10H14N2O4.K/c1-3-4-5-12-9(15)7(6(2)13)8(14)11-10(12)16;/h14H,3-5H2,1-2H3,(H,11,16);/q;+1/p-1. The molecule has 0 spiro atoms. The fourth-order valence-electron chi connectivity index (χ4n) is 1.38. The molecule has 0 unspecified atom stereocenters. The number of aromatic amines is 1. The van der Waals surface area contributed by atoms with Gasteiger partial charge in [0, 0.05) is 6.54 Å². The van der Waals surface area contributed by atoms with Crippen LogP contribution in [0, 0.1) is 0 Å². The molecule has 0 amide bonds. The molecule has 0 aliphatic rings. The summed E-state index contributed by atoms with van der Waals surface area (Å²) in [6.45, 7) is 3.25. The van der Waals surface area contributed by atoms with E-state index in [2.05, 4.69) is 0 Å². The molecular weight excluding hydrogens is 251 g/mol. The van der Waals surface area contributed by atoms with E-state index in [1.165, 1.54) is 0 Å².